The molecular formula is C15H23N3O2. The lowest BCUT2D eigenvalue weighted by Gasteiger charge is -2.29. The highest BCUT2D eigenvalue weighted by Gasteiger charge is 2.18. The van der Waals surface area contributed by atoms with E-state index in [0.29, 0.717) is 6.54 Å². The third-order valence-corrected chi connectivity index (χ3v) is 3.62. The van der Waals surface area contributed by atoms with Crippen LogP contribution in [0.1, 0.15) is 12.5 Å². The molecule has 0 N–H and O–H groups in total. The van der Waals surface area contributed by atoms with Crippen LogP contribution in [-0.2, 0) is 16.0 Å². The van der Waals surface area contributed by atoms with Crippen molar-refractivity contribution in [2.45, 2.75) is 13.3 Å². The molecule has 0 unspecified atom stereocenters. The summed E-state index contributed by atoms with van der Waals surface area (Å²) in [6, 6.07) is 4.00. The first kappa shape index (κ1) is 14.9. The number of carbonyl (C=O) groups excluding carboxylic acids is 1. The fourth-order valence-corrected chi connectivity index (χ4v) is 2.32. The second-order valence-corrected chi connectivity index (χ2v) is 4.97. The predicted molar refractivity (Wildman–Crippen MR) is 77.5 cm³/mol. The molecule has 0 radical (unpaired) electrons. The first-order chi connectivity index (χ1) is 9.79. The highest BCUT2D eigenvalue weighted by molar-refractivity contribution is 5.78. The van der Waals surface area contributed by atoms with Crippen molar-refractivity contribution in [3.05, 3.63) is 30.1 Å². The van der Waals surface area contributed by atoms with Crippen LogP contribution < -0.4 is 0 Å². The van der Waals surface area contributed by atoms with E-state index < -0.39 is 0 Å². The van der Waals surface area contributed by atoms with Crippen molar-refractivity contribution in [3.63, 3.8) is 0 Å². The van der Waals surface area contributed by atoms with Crippen molar-refractivity contribution >= 4 is 5.91 Å². The number of pyridine rings is 1. The smallest absolute Gasteiger partial charge is 0.236 e. The van der Waals surface area contributed by atoms with Gasteiger partial charge in [0, 0.05) is 38.6 Å². The average molecular weight is 277 g/mol. The molecule has 20 heavy (non-hydrogen) atoms. The van der Waals surface area contributed by atoms with Gasteiger partial charge in [0.2, 0.25) is 5.91 Å². The Balaban J connectivity index is 1.79. The first-order valence-corrected chi connectivity index (χ1v) is 7.26. The minimum Gasteiger partial charge on any atom is -0.379 e. The molecule has 2 rings (SSSR count). The number of hydrogen-bond acceptors (Lipinski definition) is 4. The third kappa shape index (κ3) is 4.58. The van der Waals surface area contributed by atoms with E-state index >= 15 is 0 Å². The molecule has 1 amide bonds. The van der Waals surface area contributed by atoms with Gasteiger partial charge in [0.25, 0.3) is 0 Å². The van der Waals surface area contributed by atoms with E-state index in [1.807, 2.05) is 24.0 Å². The fourth-order valence-electron chi connectivity index (χ4n) is 2.32. The summed E-state index contributed by atoms with van der Waals surface area (Å²) in [7, 11) is 0. The van der Waals surface area contributed by atoms with Crippen LogP contribution in [0.4, 0.5) is 0 Å². The lowest BCUT2D eigenvalue weighted by atomic mass is 10.2. The van der Waals surface area contributed by atoms with Crippen LogP contribution in [0.5, 0.6) is 0 Å². The van der Waals surface area contributed by atoms with Crippen molar-refractivity contribution in [2.75, 3.05) is 45.9 Å². The normalized spacial score (nSPS) is 16.1. The maximum absolute atomic E-state index is 12.3. The molecule has 1 aliphatic heterocycles. The number of likely N-dealkylation sites (N-methyl/N-ethyl adjacent to an activating group) is 1. The molecule has 5 nitrogen and oxygen atoms in total. The Morgan fingerprint density at radius 2 is 2.05 bits per heavy atom. The average Bonchev–Trinajstić information content (AvgIpc) is 2.50. The predicted octanol–water partition coefficient (Wildman–Crippen LogP) is 0.805. The van der Waals surface area contributed by atoms with Crippen LogP contribution in [-0.4, -0.2) is 66.6 Å². The van der Waals surface area contributed by atoms with Crippen molar-refractivity contribution < 1.29 is 9.53 Å². The third-order valence-electron chi connectivity index (χ3n) is 3.62. The summed E-state index contributed by atoms with van der Waals surface area (Å²) >= 11 is 0. The number of aromatic nitrogens is 1. The SMILES string of the molecule is CCN(CCc1ccncc1)C(=O)CN1CCOCC1. The minimum absolute atomic E-state index is 0.212. The molecular weight excluding hydrogens is 254 g/mol. The van der Waals surface area contributed by atoms with Crippen LogP contribution in [0.3, 0.4) is 0 Å². The van der Waals surface area contributed by atoms with Crippen molar-refractivity contribution in [2.24, 2.45) is 0 Å². The second-order valence-electron chi connectivity index (χ2n) is 4.97. The van der Waals surface area contributed by atoms with Crippen molar-refractivity contribution in [3.8, 4) is 0 Å². The molecule has 0 atom stereocenters. The molecule has 0 aromatic carbocycles. The molecule has 0 saturated carbocycles. The number of hydrogen-bond donors (Lipinski definition) is 0. The Labute approximate surface area is 120 Å². The van der Waals surface area contributed by atoms with E-state index in [-0.39, 0.29) is 5.91 Å². The molecule has 2 heterocycles. The van der Waals surface area contributed by atoms with Gasteiger partial charge in [-0.05, 0) is 31.0 Å². The minimum atomic E-state index is 0.212. The van der Waals surface area contributed by atoms with Gasteiger partial charge in [0.15, 0.2) is 0 Å². The first-order valence-electron chi connectivity index (χ1n) is 7.26. The molecule has 0 spiro atoms. The van der Waals surface area contributed by atoms with Gasteiger partial charge in [-0.3, -0.25) is 14.7 Å². The Hall–Kier alpha value is -1.46. The highest BCUT2D eigenvalue weighted by atomic mass is 16.5. The maximum Gasteiger partial charge on any atom is 0.236 e. The summed E-state index contributed by atoms with van der Waals surface area (Å²) in [5, 5.41) is 0. The van der Waals surface area contributed by atoms with E-state index in [9.17, 15) is 4.79 Å². The fraction of sp³-hybridized carbons (Fsp3) is 0.600. The standard InChI is InChI=1S/C15H23N3O2/c1-2-18(8-5-14-3-6-16-7-4-14)15(19)13-17-9-11-20-12-10-17/h3-4,6-7H,2,5,8-13H2,1H3. The van der Waals surface area contributed by atoms with E-state index in [0.717, 1.165) is 45.8 Å². The van der Waals surface area contributed by atoms with E-state index in [1.165, 1.54) is 5.56 Å². The Bertz CT molecular complexity index is 405. The monoisotopic (exact) mass is 277 g/mol. The largest absolute Gasteiger partial charge is 0.379 e. The van der Waals surface area contributed by atoms with Gasteiger partial charge < -0.3 is 9.64 Å². The van der Waals surface area contributed by atoms with Gasteiger partial charge in [-0.2, -0.15) is 0 Å². The molecule has 1 fully saturated rings. The lowest BCUT2D eigenvalue weighted by Crippen LogP contribution is -2.45. The molecule has 0 aliphatic carbocycles. The number of nitrogens with zero attached hydrogens (tertiary/aromatic N) is 3. The Morgan fingerprint density at radius 3 is 2.70 bits per heavy atom. The zero-order valence-electron chi connectivity index (χ0n) is 12.1. The summed E-state index contributed by atoms with van der Waals surface area (Å²) in [6.07, 6.45) is 4.47. The number of ether oxygens (including phenoxy) is 1. The molecule has 1 aromatic rings. The molecule has 1 saturated heterocycles. The van der Waals surface area contributed by atoms with E-state index in [2.05, 4.69) is 9.88 Å². The number of carbonyl (C=O) groups is 1. The van der Waals surface area contributed by atoms with Crippen molar-refractivity contribution in [1.82, 2.24) is 14.8 Å². The van der Waals surface area contributed by atoms with Gasteiger partial charge >= 0.3 is 0 Å². The zero-order chi connectivity index (χ0) is 14.2. The van der Waals surface area contributed by atoms with Gasteiger partial charge in [0.05, 0.1) is 19.8 Å². The Morgan fingerprint density at radius 1 is 1.35 bits per heavy atom. The number of amides is 1. The van der Waals surface area contributed by atoms with Crippen LogP contribution in [0.2, 0.25) is 0 Å². The van der Waals surface area contributed by atoms with Crippen LogP contribution in [0.25, 0.3) is 0 Å². The van der Waals surface area contributed by atoms with E-state index in [4.69, 9.17) is 4.74 Å². The van der Waals surface area contributed by atoms with Crippen LogP contribution in [0.15, 0.2) is 24.5 Å². The van der Waals surface area contributed by atoms with Crippen molar-refractivity contribution in [1.29, 1.82) is 0 Å². The van der Waals surface area contributed by atoms with Crippen LogP contribution in [0, 0.1) is 0 Å². The molecule has 5 heteroatoms. The maximum atomic E-state index is 12.3. The summed E-state index contributed by atoms with van der Waals surface area (Å²) in [6.45, 7) is 7.24. The van der Waals surface area contributed by atoms with E-state index in [1.54, 1.807) is 12.4 Å². The zero-order valence-corrected chi connectivity index (χ0v) is 12.1. The molecule has 1 aliphatic rings. The lowest BCUT2D eigenvalue weighted by molar-refractivity contribution is -0.133. The molecule has 1 aromatic heterocycles. The summed E-state index contributed by atoms with van der Waals surface area (Å²) in [5.41, 5.74) is 1.22. The second kappa shape index (κ2) is 7.97. The summed E-state index contributed by atoms with van der Waals surface area (Å²) in [4.78, 5) is 20.4. The molecule has 0 bridgehead atoms. The highest BCUT2D eigenvalue weighted by Crippen LogP contribution is 2.03. The molecule has 110 valence electrons. The van der Waals surface area contributed by atoms with Gasteiger partial charge in [0.1, 0.15) is 0 Å². The topological polar surface area (TPSA) is 45.7 Å². The van der Waals surface area contributed by atoms with Gasteiger partial charge in [-0.1, -0.05) is 0 Å². The summed E-state index contributed by atoms with van der Waals surface area (Å²) < 4.78 is 5.30. The number of morpholine rings is 1. The van der Waals surface area contributed by atoms with Crippen LogP contribution >= 0.6 is 0 Å². The van der Waals surface area contributed by atoms with Gasteiger partial charge in [-0.15, -0.1) is 0 Å². The summed E-state index contributed by atoms with van der Waals surface area (Å²) in [5.74, 6) is 0.212. The quantitative estimate of drug-likeness (QED) is 0.772. The number of rotatable bonds is 6. The Kier molecular flexibility index (Phi) is 5.95. The van der Waals surface area contributed by atoms with Gasteiger partial charge in [-0.25, -0.2) is 0 Å².